The van der Waals surface area contributed by atoms with Crippen molar-refractivity contribution in [2.45, 2.75) is 19.9 Å². The Morgan fingerprint density at radius 3 is 2.73 bits per heavy atom. The zero-order valence-corrected chi connectivity index (χ0v) is 10.6. The predicted molar refractivity (Wildman–Crippen MR) is 67.7 cm³/mol. The van der Waals surface area contributed by atoms with Crippen LogP contribution in [0.25, 0.3) is 0 Å². The molecule has 0 radical (unpaired) electrons. The van der Waals surface area contributed by atoms with Gasteiger partial charge in [0.1, 0.15) is 0 Å². The van der Waals surface area contributed by atoms with Gasteiger partial charge in [-0.25, -0.2) is 0 Å². The van der Waals surface area contributed by atoms with Crippen LogP contribution in [0.3, 0.4) is 0 Å². The van der Waals surface area contributed by atoms with Gasteiger partial charge in [-0.05, 0) is 37.2 Å². The van der Waals surface area contributed by atoms with E-state index in [1.54, 1.807) is 0 Å². The van der Waals surface area contributed by atoms with Gasteiger partial charge in [0.05, 0.1) is 0 Å². The highest BCUT2D eigenvalue weighted by Gasteiger charge is 2.03. The standard InChI is InChI=1S/C12H17Cl2N/c1-2-15(8-4-7-13)10-11-5-3-6-12(14)9-11/h3,5-6,9H,2,4,7-8,10H2,1H3. The SMILES string of the molecule is CCN(CCCCl)Cc1cccc(Cl)c1. The van der Waals surface area contributed by atoms with E-state index in [-0.39, 0.29) is 0 Å². The van der Waals surface area contributed by atoms with Crippen LogP contribution in [0.2, 0.25) is 5.02 Å². The van der Waals surface area contributed by atoms with Crippen LogP contribution in [0.15, 0.2) is 24.3 Å². The molecule has 0 aliphatic heterocycles. The zero-order valence-electron chi connectivity index (χ0n) is 9.05. The lowest BCUT2D eigenvalue weighted by Crippen LogP contribution is -2.24. The summed E-state index contributed by atoms with van der Waals surface area (Å²) in [4.78, 5) is 2.37. The molecule has 0 aliphatic rings. The van der Waals surface area contributed by atoms with E-state index in [2.05, 4.69) is 17.9 Å². The Morgan fingerprint density at radius 1 is 1.33 bits per heavy atom. The van der Waals surface area contributed by atoms with Crippen LogP contribution in [-0.4, -0.2) is 23.9 Å². The van der Waals surface area contributed by atoms with Crippen LogP contribution in [0.5, 0.6) is 0 Å². The highest BCUT2D eigenvalue weighted by Crippen LogP contribution is 2.12. The molecule has 0 aromatic heterocycles. The van der Waals surface area contributed by atoms with Gasteiger partial charge in [-0.2, -0.15) is 0 Å². The van der Waals surface area contributed by atoms with Crippen molar-refractivity contribution in [3.05, 3.63) is 34.9 Å². The van der Waals surface area contributed by atoms with Crippen LogP contribution in [0.1, 0.15) is 18.9 Å². The summed E-state index contributed by atoms with van der Waals surface area (Å²) in [6.07, 6.45) is 1.04. The summed E-state index contributed by atoms with van der Waals surface area (Å²) in [6.45, 7) is 5.21. The molecule has 1 rings (SSSR count). The fourth-order valence-electron chi connectivity index (χ4n) is 1.53. The first kappa shape index (κ1) is 12.8. The maximum absolute atomic E-state index is 5.94. The molecule has 0 spiro atoms. The molecule has 0 aliphatic carbocycles. The topological polar surface area (TPSA) is 3.24 Å². The maximum Gasteiger partial charge on any atom is 0.0409 e. The van der Waals surface area contributed by atoms with Gasteiger partial charge >= 0.3 is 0 Å². The van der Waals surface area contributed by atoms with Crippen molar-refractivity contribution in [3.63, 3.8) is 0 Å². The van der Waals surface area contributed by atoms with Gasteiger partial charge in [-0.3, -0.25) is 4.90 Å². The third-order valence-corrected chi connectivity index (χ3v) is 2.85. The summed E-state index contributed by atoms with van der Waals surface area (Å²) in [5.74, 6) is 0.728. The predicted octanol–water partition coefficient (Wildman–Crippen LogP) is 3.79. The smallest absolute Gasteiger partial charge is 0.0409 e. The van der Waals surface area contributed by atoms with E-state index in [1.807, 2.05) is 18.2 Å². The van der Waals surface area contributed by atoms with Gasteiger partial charge in [0, 0.05) is 17.4 Å². The quantitative estimate of drug-likeness (QED) is 0.690. The van der Waals surface area contributed by atoms with Crippen LogP contribution in [0.4, 0.5) is 0 Å². The van der Waals surface area contributed by atoms with Crippen molar-refractivity contribution in [1.29, 1.82) is 0 Å². The van der Waals surface area contributed by atoms with Crippen LogP contribution < -0.4 is 0 Å². The number of nitrogens with zero attached hydrogens (tertiary/aromatic N) is 1. The molecule has 0 N–H and O–H groups in total. The molecule has 0 unspecified atom stereocenters. The van der Waals surface area contributed by atoms with Gasteiger partial charge in [0.15, 0.2) is 0 Å². The van der Waals surface area contributed by atoms with Crippen LogP contribution >= 0.6 is 23.2 Å². The van der Waals surface area contributed by atoms with Gasteiger partial charge in [0.2, 0.25) is 0 Å². The van der Waals surface area contributed by atoms with E-state index < -0.39 is 0 Å². The molecule has 1 aromatic carbocycles. The van der Waals surface area contributed by atoms with Crippen molar-refractivity contribution in [2.24, 2.45) is 0 Å². The Hall–Kier alpha value is -0.240. The Labute approximate surface area is 102 Å². The number of hydrogen-bond donors (Lipinski definition) is 0. The van der Waals surface area contributed by atoms with E-state index in [0.29, 0.717) is 0 Å². The van der Waals surface area contributed by atoms with Crippen molar-refractivity contribution >= 4 is 23.2 Å². The first-order valence-corrected chi connectivity index (χ1v) is 6.20. The summed E-state index contributed by atoms with van der Waals surface area (Å²) in [5.41, 5.74) is 1.26. The van der Waals surface area contributed by atoms with Gasteiger partial charge in [0.25, 0.3) is 0 Å². The number of alkyl halides is 1. The van der Waals surface area contributed by atoms with Gasteiger partial charge in [-0.15, -0.1) is 11.6 Å². The molecule has 0 saturated carbocycles. The lowest BCUT2D eigenvalue weighted by molar-refractivity contribution is 0.281. The maximum atomic E-state index is 5.94. The summed E-state index contributed by atoms with van der Waals surface area (Å²) in [7, 11) is 0. The Bertz CT molecular complexity index is 289. The third-order valence-electron chi connectivity index (χ3n) is 2.35. The molecule has 0 heterocycles. The fourth-order valence-corrected chi connectivity index (χ4v) is 1.86. The first-order valence-electron chi connectivity index (χ1n) is 5.29. The number of rotatable bonds is 6. The first-order chi connectivity index (χ1) is 7.26. The van der Waals surface area contributed by atoms with E-state index in [4.69, 9.17) is 23.2 Å². The number of halogens is 2. The molecule has 0 amide bonds. The minimum Gasteiger partial charge on any atom is -0.299 e. The summed E-state index contributed by atoms with van der Waals surface area (Å²) >= 11 is 11.6. The second kappa shape index (κ2) is 7.10. The van der Waals surface area contributed by atoms with Crippen LogP contribution in [0, 0.1) is 0 Å². The molecular formula is C12H17Cl2N. The van der Waals surface area contributed by atoms with E-state index in [0.717, 1.165) is 37.0 Å². The van der Waals surface area contributed by atoms with Crippen molar-refractivity contribution in [3.8, 4) is 0 Å². The molecule has 3 heteroatoms. The van der Waals surface area contributed by atoms with E-state index >= 15 is 0 Å². The normalized spacial score (nSPS) is 10.9. The van der Waals surface area contributed by atoms with E-state index in [9.17, 15) is 0 Å². The minimum atomic E-state index is 0.728. The molecule has 0 saturated heterocycles. The van der Waals surface area contributed by atoms with Crippen molar-refractivity contribution < 1.29 is 0 Å². The molecule has 1 nitrogen and oxygen atoms in total. The molecule has 0 fully saturated rings. The monoisotopic (exact) mass is 245 g/mol. The van der Waals surface area contributed by atoms with E-state index in [1.165, 1.54) is 5.56 Å². The minimum absolute atomic E-state index is 0.728. The van der Waals surface area contributed by atoms with Crippen molar-refractivity contribution in [2.75, 3.05) is 19.0 Å². The second-order valence-electron chi connectivity index (χ2n) is 3.54. The number of hydrogen-bond acceptors (Lipinski definition) is 1. The summed E-state index contributed by atoms with van der Waals surface area (Å²) in [5, 5.41) is 0.806. The molecule has 84 valence electrons. The Balaban J connectivity index is 2.50. The largest absolute Gasteiger partial charge is 0.299 e. The highest BCUT2D eigenvalue weighted by molar-refractivity contribution is 6.30. The highest BCUT2D eigenvalue weighted by atomic mass is 35.5. The van der Waals surface area contributed by atoms with Gasteiger partial charge in [-0.1, -0.05) is 30.7 Å². The molecule has 1 aromatic rings. The average Bonchev–Trinajstić information content (AvgIpc) is 2.24. The summed E-state index contributed by atoms with van der Waals surface area (Å²) in [6, 6.07) is 8.02. The van der Waals surface area contributed by atoms with Crippen molar-refractivity contribution in [1.82, 2.24) is 4.90 Å². The van der Waals surface area contributed by atoms with Crippen LogP contribution in [-0.2, 0) is 6.54 Å². The number of benzene rings is 1. The lowest BCUT2D eigenvalue weighted by Gasteiger charge is -2.19. The molecule has 15 heavy (non-hydrogen) atoms. The Kier molecular flexibility index (Phi) is 6.07. The molecule has 0 bridgehead atoms. The average molecular weight is 246 g/mol. The fraction of sp³-hybridized carbons (Fsp3) is 0.500. The van der Waals surface area contributed by atoms with Gasteiger partial charge < -0.3 is 0 Å². The summed E-state index contributed by atoms with van der Waals surface area (Å²) < 4.78 is 0. The zero-order chi connectivity index (χ0) is 11.1. The third kappa shape index (κ3) is 4.87. The molecule has 0 atom stereocenters. The Morgan fingerprint density at radius 2 is 2.13 bits per heavy atom. The molecular weight excluding hydrogens is 229 g/mol. The lowest BCUT2D eigenvalue weighted by atomic mass is 10.2. The second-order valence-corrected chi connectivity index (χ2v) is 4.36.